The molecule has 6 heteroatoms. The molecule has 3 aromatic carbocycles. The van der Waals surface area contributed by atoms with Crippen LogP contribution in [-0.2, 0) is 5.41 Å². The molecular formula is C30H31N3O3. The molecule has 0 saturated heterocycles. The third-order valence-electron chi connectivity index (χ3n) is 7.60. The molecule has 2 heterocycles. The van der Waals surface area contributed by atoms with Gasteiger partial charge in [-0.1, -0.05) is 24.3 Å². The van der Waals surface area contributed by atoms with E-state index in [9.17, 15) is 4.79 Å². The van der Waals surface area contributed by atoms with Crippen LogP contribution in [-0.4, -0.2) is 36.7 Å². The highest BCUT2D eigenvalue weighted by atomic mass is 16.5. The Morgan fingerprint density at radius 3 is 2.28 bits per heavy atom. The summed E-state index contributed by atoms with van der Waals surface area (Å²) in [5, 5.41) is 4.44. The number of amides is 2. The maximum Gasteiger partial charge on any atom is 0.322 e. The smallest absolute Gasteiger partial charge is 0.322 e. The molecule has 0 bridgehead atoms. The first kappa shape index (κ1) is 22.5. The van der Waals surface area contributed by atoms with Gasteiger partial charge in [0.2, 0.25) is 0 Å². The third kappa shape index (κ3) is 3.68. The van der Waals surface area contributed by atoms with Crippen LogP contribution in [0.4, 0.5) is 10.5 Å². The van der Waals surface area contributed by atoms with Gasteiger partial charge in [-0.3, -0.25) is 0 Å². The summed E-state index contributed by atoms with van der Waals surface area (Å²) in [6, 6.07) is 20.0. The number of nitrogens with zero attached hydrogens (tertiary/aromatic N) is 1. The zero-order chi connectivity index (χ0) is 25.0. The van der Waals surface area contributed by atoms with Crippen molar-refractivity contribution in [3.05, 3.63) is 88.6 Å². The Hall–Kier alpha value is -3.93. The minimum Gasteiger partial charge on any atom is -0.497 e. The number of nitrogens with one attached hydrogen (secondary N) is 2. The van der Waals surface area contributed by atoms with Gasteiger partial charge in [-0.15, -0.1) is 0 Å². The van der Waals surface area contributed by atoms with E-state index in [0.717, 1.165) is 46.4 Å². The molecule has 1 atom stereocenters. The first-order valence-corrected chi connectivity index (χ1v) is 12.4. The van der Waals surface area contributed by atoms with Crippen molar-refractivity contribution in [3.8, 4) is 11.5 Å². The zero-order valence-corrected chi connectivity index (χ0v) is 21.1. The molecule has 6 rings (SSSR count). The lowest BCUT2D eigenvalue weighted by Crippen LogP contribution is -2.47. The molecule has 1 spiro atoms. The van der Waals surface area contributed by atoms with Crippen molar-refractivity contribution >= 4 is 22.6 Å². The number of benzene rings is 3. The number of hydrogen-bond donors (Lipinski definition) is 2. The molecule has 1 unspecified atom stereocenters. The molecule has 36 heavy (non-hydrogen) atoms. The standard InChI is InChI=1S/C30H31N3O3/c1-18-11-19(2)13-21(12-18)31-29(34)33-17-30(9-10-30)26-24-7-5-6-8-25(24)32-27(26)28(33)20-14-22(35-3)16-23(15-20)36-4/h5-8,11-16,28,32H,9-10,17H2,1-4H3,(H,31,34). The third-order valence-corrected chi connectivity index (χ3v) is 7.60. The summed E-state index contributed by atoms with van der Waals surface area (Å²) in [7, 11) is 3.30. The van der Waals surface area contributed by atoms with Crippen molar-refractivity contribution in [1.82, 2.24) is 9.88 Å². The number of carbonyl (C=O) groups is 1. The number of methoxy groups -OCH3 is 2. The average molecular weight is 482 g/mol. The van der Waals surface area contributed by atoms with Crippen LogP contribution in [0.25, 0.3) is 10.9 Å². The Morgan fingerprint density at radius 1 is 0.972 bits per heavy atom. The summed E-state index contributed by atoms with van der Waals surface area (Å²) >= 11 is 0. The second-order valence-electron chi connectivity index (χ2n) is 10.2. The summed E-state index contributed by atoms with van der Waals surface area (Å²) in [4.78, 5) is 19.6. The maximum atomic E-state index is 14.0. The van der Waals surface area contributed by atoms with Crippen molar-refractivity contribution < 1.29 is 14.3 Å². The molecule has 1 aliphatic carbocycles. The number of urea groups is 1. The quantitative estimate of drug-likeness (QED) is 0.351. The number of anilines is 1. The first-order chi connectivity index (χ1) is 17.4. The Labute approximate surface area is 211 Å². The molecule has 2 amide bonds. The summed E-state index contributed by atoms with van der Waals surface area (Å²) in [5.41, 5.74) is 7.51. The van der Waals surface area contributed by atoms with Gasteiger partial charge in [0.15, 0.2) is 0 Å². The van der Waals surface area contributed by atoms with Gasteiger partial charge in [0, 0.05) is 40.3 Å². The minimum atomic E-state index is -0.312. The average Bonchev–Trinajstić information content (AvgIpc) is 3.51. The molecule has 2 N–H and O–H groups in total. The molecule has 184 valence electrons. The van der Waals surface area contributed by atoms with Crippen molar-refractivity contribution in [3.63, 3.8) is 0 Å². The number of ether oxygens (including phenoxy) is 2. The number of hydrogen-bond acceptors (Lipinski definition) is 3. The van der Waals surface area contributed by atoms with Gasteiger partial charge in [0.25, 0.3) is 0 Å². The highest BCUT2D eigenvalue weighted by molar-refractivity contribution is 5.93. The highest BCUT2D eigenvalue weighted by Crippen LogP contribution is 2.58. The molecule has 4 aromatic rings. The van der Waals surface area contributed by atoms with Gasteiger partial charge >= 0.3 is 6.03 Å². The maximum absolute atomic E-state index is 14.0. The van der Waals surface area contributed by atoms with Crippen LogP contribution in [0.1, 0.15) is 46.8 Å². The number of H-pyrrole nitrogens is 1. The van der Waals surface area contributed by atoms with Crippen molar-refractivity contribution in [2.75, 3.05) is 26.1 Å². The molecule has 1 aliphatic heterocycles. The van der Waals surface area contributed by atoms with E-state index in [0.29, 0.717) is 18.0 Å². The molecule has 1 aromatic heterocycles. The number of aromatic amines is 1. The highest BCUT2D eigenvalue weighted by Gasteiger charge is 2.54. The molecular weight excluding hydrogens is 450 g/mol. The summed E-state index contributed by atoms with van der Waals surface area (Å²) < 4.78 is 11.2. The van der Waals surface area contributed by atoms with Gasteiger partial charge < -0.3 is 24.7 Å². The number of para-hydroxylation sites is 1. The summed E-state index contributed by atoms with van der Waals surface area (Å²) in [5.74, 6) is 1.40. The topological polar surface area (TPSA) is 66.6 Å². The van der Waals surface area contributed by atoms with E-state index in [1.54, 1.807) is 14.2 Å². The SMILES string of the molecule is COc1cc(OC)cc(C2c3[nH]c4ccccc4c3C3(CC3)CN2C(=O)Nc2cc(C)cc(C)c2)c1. The second kappa shape index (κ2) is 8.33. The fourth-order valence-corrected chi connectivity index (χ4v) is 5.92. The first-order valence-electron chi connectivity index (χ1n) is 12.4. The van der Waals surface area contributed by atoms with Crippen LogP contribution in [0.3, 0.4) is 0 Å². The second-order valence-corrected chi connectivity index (χ2v) is 10.2. The van der Waals surface area contributed by atoms with Gasteiger partial charge in [-0.05, 0) is 79.3 Å². The predicted molar refractivity (Wildman–Crippen MR) is 142 cm³/mol. The van der Waals surface area contributed by atoms with E-state index in [2.05, 4.69) is 40.6 Å². The van der Waals surface area contributed by atoms with Crippen molar-refractivity contribution in [2.45, 2.75) is 38.1 Å². The lowest BCUT2D eigenvalue weighted by Gasteiger charge is -2.40. The van der Waals surface area contributed by atoms with Gasteiger partial charge in [0.05, 0.1) is 20.3 Å². The van der Waals surface area contributed by atoms with Gasteiger partial charge in [0.1, 0.15) is 11.5 Å². The fourth-order valence-electron chi connectivity index (χ4n) is 5.92. The van der Waals surface area contributed by atoms with Crippen LogP contribution < -0.4 is 14.8 Å². The Morgan fingerprint density at radius 2 is 1.64 bits per heavy atom. The van der Waals surface area contributed by atoms with E-state index in [1.165, 1.54) is 10.9 Å². The number of carbonyl (C=O) groups excluding carboxylic acids is 1. The number of rotatable bonds is 4. The van der Waals surface area contributed by atoms with Crippen LogP contribution in [0.2, 0.25) is 0 Å². The Kier molecular flexibility index (Phi) is 5.21. The Bertz CT molecular complexity index is 1440. The lowest BCUT2D eigenvalue weighted by atomic mass is 9.83. The predicted octanol–water partition coefficient (Wildman–Crippen LogP) is 6.47. The molecule has 6 nitrogen and oxygen atoms in total. The van der Waals surface area contributed by atoms with E-state index >= 15 is 0 Å². The van der Waals surface area contributed by atoms with Crippen LogP contribution in [0, 0.1) is 13.8 Å². The van der Waals surface area contributed by atoms with E-state index in [-0.39, 0.29) is 17.5 Å². The molecule has 0 radical (unpaired) electrons. The van der Waals surface area contributed by atoms with Crippen LogP contribution >= 0.6 is 0 Å². The molecule has 2 aliphatic rings. The van der Waals surface area contributed by atoms with Gasteiger partial charge in [-0.2, -0.15) is 0 Å². The van der Waals surface area contributed by atoms with Gasteiger partial charge in [-0.25, -0.2) is 4.79 Å². The van der Waals surface area contributed by atoms with Crippen molar-refractivity contribution in [1.29, 1.82) is 0 Å². The number of aryl methyl sites for hydroxylation is 2. The van der Waals surface area contributed by atoms with E-state index in [1.807, 2.05) is 49.1 Å². The number of aromatic nitrogens is 1. The van der Waals surface area contributed by atoms with Crippen LogP contribution in [0.15, 0.2) is 60.7 Å². The minimum absolute atomic E-state index is 0.0196. The van der Waals surface area contributed by atoms with E-state index < -0.39 is 0 Å². The monoisotopic (exact) mass is 481 g/mol. The largest absolute Gasteiger partial charge is 0.497 e. The summed E-state index contributed by atoms with van der Waals surface area (Å²) in [6.07, 6.45) is 2.15. The lowest BCUT2D eigenvalue weighted by molar-refractivity contribution is 0.181. The summed E-state index contributed by atoms with van der Waals surface area (Å²) in [6.45, 7) is 4.75. The van der Waals surface area contributed by atoms with E-state index in [4.69, 9.17) is 9.47 Å². The number of fused-ring (bicyclic) bond motifs is 4. The van der Waals surface area contributed by atoms with Crippen LogP contribution in [0.5, 0.6) is 11.5 Å². The normalized spacial score (nSPS) is 17.7. The Balaban J connectivity index is 1.51. The fraction of sp³-hybridized carbons (Fsp3) is 0.300. The molecule has 1 fully saturated rings. The molecule has 1 saturated carbocycles. The zero-order valence-electron chi connectivity index (χ0n) is 21.1. The van der Waals surface area contributed by atoms with Crippen molar-refractivity contribution in [2.24, 2.45) is 0 Å².